The van der Waals surface area contributed by atoms with Crippen LogP contribution < -0.4 is 0 Å². The largest absolute Gasteiger partial charge is 0.433 e. The lowest BCUT2D eigenvalue weighted by atomic mass is 10.1. The van der Waals surface area contributed by atoms with Crippen molar-refractivity contribution in [3.05, 3.63) is 63.4 Å². The predicted molar refractivity (Wildman–Crippen MR) is 64.0 cm³/mol. The summed E-state index contributed by atoms with van der Waals surface area (Å²) >= 11 is 5.95. The van der Waals surface area contributed by atoms with Crippen LogP contribution in [0.1, 0.15) is 16.7 Å². The van der Waals surface area contributed by atoms with E-state index in [0.29, 0.717) is 0 Å². The van der Waals surface area contributed by atoms with Gasteiger partial charge < -0.3 is 4.42 Å². The minimum atomic E-state index is -0.889. The molecule has 0 amide bonds. The summed E-state index contributed by atoms with van der Waals surface area (Å²) in [5.41, 5.74) is -0.179. The highest BCUT2D eigenvalue weighted by Gasteiger charge is 2.21. The fraction of sp³-hybridized carbons (Fsp3) is 0.167. The van der Waals surface area contributed by atoms with Crippen molar-refractivity contribution in [2.75, 3.05) is 0 Å². The third-order valence-corrected chi connectivity index (χ3v) is 2.92. The minimum absolute atomic E-state index is 0.0935. The maximum atomic E-state index is 13.4. The molecule has 0 aliphatic rings. The van der Waals surface area contributed by atoms with Crippen molar-refractivity contribution >= 4 is 17.5 Å². The quantitative estimate of drug-likeness (QED) is 0.485. The molecule has 0 N–H and O–H groups in total. The second-order valence-electron chi connectivity index (χ2n) is 3.80. The lowest BCUT2D eigenvalue weighted by Crippen LogP contribution is -2.00. The van der Waals surface area contributed by atoms with Crippen LogP contribution >= 0.6 is 11.6 Å². The monoisotopic (exact) mass is 287 g/mol. The van der Waals surface area contributed by atoms with Gasteiger partial charge in [0.15, 0.2) is 0 Å². The van der Waals surface area contributed by atoms with Crippen molar-refractivity contribution in [1.82, 2.24) is 0 Å². The summed E-state index contributed by atoms with van der Waals surface area (Å²) in [6.45, 7) is 0. The van der Waals surface area contributed by atoms with Gasteiger partial charge in [-0.05, 0) is 18.2 Å². The molecular weight excluding hydrogens is 280 g/mol. The van der Waals surface area contributed by atoms with E-state index < -0.39 is 27.8 Å². The Morgan fingerprint density at radius 1 is 1.26 bits per heavy atom. The van der Waals surface area contributed by atoms with Crippen LogP contribution in [-0.4, -0.2) is 4.92 Å². The molecule has 19 heavy (non-hydrogen) atoms. The van der Waals surface area contributed by atoms with Crippen molar-refractivity contribution in [2.24, 2.45) is 0 Å². The first-order chi connectivity index (χ1) is 8.99. The molecule has 1 atom stereocenters. The first-order valence-electron chi connectivity index (χ1n) is 5.30. The Kier molecular flexibility index (Phi) is 3.80. The highest BCUT2D eigenvalue weighted by molar-refractivity contribution is 6.20. The standard InChI is InChI=1S/C12H8ClF2NO3/c13-8(11-4-5-12(19-11)16(17)18)6-7-9(14)2-1-3-10(7)15/h1-5,8H,6H2. The molecular formula is C12H8ClF2NO3. The second kappa shape index (κ2) is 5.36. The molecule has 1 aromatic carbocycles. The molecule has 4 nitrogen and oxygen atoms in total. The molecule has 0 aliphatic heterocycles. The zero-order valence-corrected chi connectivity index (χ0v) is 10.2. The summed E-state index contributed by atoms with van der Waals surface area (Å²) in [6, 6.07) is 5.94. The van der Waals surface area contributed by atoms with Crippen LogP contribution in [-0.2, 0) is 6.42 Å². The average molecular weight is 288 g/mol. The smallest absolute Gasteiger partial charge is 0.404 e. The molecule has 100 valence electrons. The predicted octanol–water partition coefficient (Wildman–Crippen LogP) is 3.99. The first-order valence-corrected chi connectivity index (χ1v) is 5.73. The number of halogens is 3. The highest BCUT2D eigenvalue weighted by atomic mass is 35.5. The van der Waals surface area contributed by atoms with Crippen molar-refractivity contribution in [1.29, 1.82) is 0 Å². The fourth-order valence-corrected chi connectivity index (χ4v) is 1.89. The summed E-state index contributed by atoms with van der Waals surface area (Å²) in [6.07, 6.45) is -0.162. The summed E-state index contributed by atoms with van der Waals surface area (Å²) < 4.78 is 31.7. The second-order valence-corrected chi connectivity index (χ2v) is 4.33. The number of hydrogen-bond acceptors (Lipinski definition) is 3. The van der Waals surface area contributed by atoms with Crippen LogP contribution in [0.5, 0.6) is 0 Å². The molecule has 0 fully saturated rings. The van der Waals surface area contributed by atoms with Crippen molar-refractivity contribution < 1.29 is 18.1 Å². The third-order valence-electron chi connectivity index (χ3n) is 2.55. The van der Waals surface area contributed by atoms with E-state index in [1.54, 1.807) is 0 Å². The number of furan rings is 1. The zero-order chi connectivity index (χ0) is 14.0. The Labute approximate surface area is 111 Å². The summed E-state index contributed by atoms with van der Waals surface area (Å²) in [7, 11) is 0. The molecule has 0 bridgehead atoms. The van der Waals surface area contributed by atoms with Gasteiger partial charge >= 0.3 is 5.88 Å². The van der Waals surface area contributed by atoms with Gasteiger partial charge in [0, 0.05) is 12.0 Å². The number of nitrogens with zero attached hydrogens (tertiary/aromatic N) is 1. The van der Waals surface area contributed by atoms with Crippen molar-refractivity contribution in [3.8, 4) is 0 Å². The van der Waals surface area contributed by atoms with Crippen LogP contribution in [0.25, 0.3) is 0 Å². The van der Waals surface area contributed by atoms with Gasteiger partial charge in [0.1, 0.15) is 22.3 Å². The van der Waals surface area contributed by atoms with Crippen molar-refractivity contribution in [2.45, 2.75) is 11.8 Å². The number of rotatable bonds is 4. The molecule has 0 saturated carbocycles. The van der Waals surface area contributed by atoms with E-state index in [1.165, 1.54) is 12.1 Å². The normalized spacial score (nSPS) is 12.4. The first kappa shape index (κ1) is 13.5. The lowest BCUT2D eigenvalue weighted by molar-refractivity contribution is -0.402. The van der Waals surface area contributed by atoms with Gasteiger partial charge in [-0.1, -0.05) is 6.07 Å². The molecule has 1 unspecified atom stereocenters. The molecule has 2 rings (SSSR count). The van der Waals surface area contributed by atoms with E-state index >= 15 is 0 Å². The molecule has 0 saturated heterocycles. The van der Waals surface area contributed by atoms with E-state index in [1.807, 2.05) is 0 Å². The molecule has 2 aromatic rings. The number of nitro groups is 1. The van der Waals surface area contributed by atoms with Gasteiger partial charge in [0.25, 0.3) is 0 Å². The van der Waals surface area contributed by atoms with E-state index in [-0.39, 0.29) is 17.7 Å². The van der Waals surface area contributed by atoms with E-state index in [0.717, 1.165) is 18.2 Å². The lowest BCUT2D eigenvalue weighted by Gasteiger charge is -2.08. The summed E-state index contributed by atoms with van der Waals surface area (Å²) in [5, 5.41) is 9.56. The van der Waals surface area contributed by atoms with Gasteiger partial charge in [0.2, 0.25) is 0 Å². The van der Waals surface area contributed by atoms with Gasteiger partial charge in [-0.15, -0.1) is 11.6 Å². The number of alkyl halides is 1. The molecule has 0 radical (unpaired) electrons. The average Bonchev–Trinajstić information content (AvgIpc) is 2.83. The van der Waals surface area contributed by atoms with Crippen LogP contribution in [0.3, 0.4) is 0 Å². The molecule has 7 heteroatoms. The van der Waals surface area contributed by atoms with Gasteiger partial charge in [-0.2, -0.15) is 0 Å². The van der Waals surface area contributed by atoms with Crippen LogP contribution in [0.15, 0.2) is 34.7 Å². The summed E-state index contributed by atoms with van der Waals surface area (Å²) in [5.74, 6) is -1.80. The third kappa shape index (κ3) is 2.90. The van der Waals surface area contributed by atoms with Crippen molar-refractivity contribution in [3.63, 3.8) is 0 Å². The van der Waals surface area contributed by atoms with Crippen LogP contribution in [0, 0.1) is 21.7 Å². The Hall–Kier alpha value is -1.95. The Balaban J connectivity index is 2.20. The minimum Gasteiger partial charge on any atom is -0.404 e. The maximum Gasteiger partial charge on any atom is 0.433 e. The Morgan fingerprint density at radius 3 is 2.42 bits per heavy atom. The van der Waals surface area contributed by atoms with E-state index in [2.05, 4.69) is 0 Å². The van der Waals surface area contributed by atoms with Crippen LogP contribution in [0.4, 0.5) is 14.7 Å². The van der Waals surface area contributed by atoms with Gasteiger partial charge in [-0.3, -0.25) is 10.1 Å². The number of benzene rings is 1. The van der Waals surface area contributed by atoms with E-state index in [9.17, 15) is 18.9 Å². The Morgan fingerprint density at radius 2 is 1.89 bits per heavy atom. The topological polar surface area (TPSA) is 56.3 Å². The SMILES string of the molecule is O=[N+]([O-])c1ccc(C(Cl)Cc2c(F)cccc2F)o1. The highest BCUT2D eigenvalue weighted by Crippen LogP contribution is 2.30. The molecule has 1 heterocycles. The molecule has 0 spiro atoms. The number of hydrogen-bond donors (Lipinski definition) is 0. The van der Waals surface area contributed by atoms with E-state index in [4.69, 9.17) is 16.0 Å². The fourth-order valence-electron chi connectivity index (χ4n) is 1.62. The maximum absolute atomic E-state index is 13.4. The summed E-state index contributed by atoms with van der Waals surface area (Å²) in [4.78, 5) is 9.74. The Bertz CT molecular complexity index is 595. The molecule has 1 aromatic heterocycles. The van der Waals surface area contributed by atoms with Gasteiger partial charge in [-0.25, -0.2) is 8.78 Å². The molecule has 0 aliphatic carbocycles. The van der Waals surface area contributed by atoms with Gasteiger partial charge in [0.05, 0.1) is 11.4 Å². The zero-order valence-electron chi connectivity index (χ0n) is 9.48. The van der Waals surface area contributed by atoms with Crippen LogP contribution in [0.2, 0.25) is 0 Å².